The van der Waals surface area contributed by atoms with E-state index in [1.807, 2.05) is 0 Å². The molecule has 0 radical (unpaired) electrons. The molecule has 0 unspecified atom stereocenters. The summed E-state index contributed by atoms with van der Waals surface area (Å²) < 4.78 is 27.9. The molecule has 0 bridgehead atoms. The lowest BCUT2D eigenvalue weighted by Gasteiger charge is -2.25. The van der Waals surface area contributed by atoms with Crippen LogP contribution in [0.25, 0.3) is 0 Å². The molecule has 1 amide bonds. The smallest absolute Gasteiger partial charge is 0.261 e. The number of methoxy groups -OCH3 is 1. The van der Waals surface area contributed by atoms with Crippen LogP contribution in [0.4, 0.5) is 0 Å². The maximum absolute atomic E-state index is 12.1. The molecular weight excluding hydrogens is 314 g/mol. The van der Waals surface area contributed by atoms with Crippen LogP contribution >= 0.6 is 10.7 Å². The molecular formula is C14H18ClNO4S. The molecule has 5 nitrogen and oxygen atoms in total. The number of hydrogen-bond acceptors (Lipinski definition) is 4. The van der Waals surface area contributed by atoms with Gasteiger partial charge in [0.05, 0.1) is 11.5 Å². The Labute approximate surface area is 129 Å². The zero-order valence-electron chi connectivity index (χ0n) is 11.8. The molecule has 0 aromatic heterocycles. The van der Waals surface area contributed by atoms with Gasteiger partial charge in [-0.1, -0.05) is 6.42 Å². The number of amides is 1. The highest BCUT2D eigenvalue weighted by molar-refractivity contribution is 8.13. The van der Waals surface area contributed by atoms with Gasteiger partial charge in [-0.15, -0.1) is 0 Å². The number of benzene rings is 1. The summed E-state index contributed by atoms with van der Waals surface area (Å²) in [4.78, 5) is 12.0. The van der Waals surface area contributed by atoms with Crippen LogP contribution in [0.3, 0.4) is 0 Å². The summed E-state index contributed by atoms with van der Waals surface area (Å²) in [6.45, 7) is 0.833. The number of hydrogen-bond donors (Lipinski definition) is 1. The number of carbonyl (C=O) groups is 1. The summed E-state index contributed by atoms with van der Waals surface area (Å²) in [5.74, 6) is 0.244. The third kappa shape index (κ3) is 4.43. The number of halogens is 1. The van der Waals surface area contributed by atoms with Crippen molar-refractivity contribution in [1.29, 1.82) is 0 Å². The molecule has 116 valence electrons. The molecule has 1 aliphatic rings. The predicted octanol–water partition coefficient (Wildman–Crippen LogP) is 2.29. The van der Waals surface area contributed by atoms with Gasteiger partial charge in [0.2, 0.25) is 0 Å². The standard InChI is InChI=1S/C14H18ClNO4S/c1-20-9-11-5-12(7-13(6-11)21(15,18)19)14(17)16-8-10-3-2-4-10/h5-7,10H,2-4,8-9H2,1H3,(H,16,17). The lowest BCUT2D eigenvalue weighted by atomic mass is 9.85. The molecule has 2 rings (SSSR count). The monoisotopic (exact) mass is 331 g/mol. The van der Waals surface area contributed by atoms with Crippen molar-refractivity contribution in [3.8, 4) is 0 Å². The van der Waals surface area contributed by atoms with Crippen LogP contribution in [0.2, 0.25) is 0 Å². The van der Waals surface area contributed by atoms with Crippen LogP contribution in [-0.2, 0) is 20.4 Å². The Balaban J connectivity index is 2.19. The first-order valence-electron chi connectivity index (χ1n) is 6.76. The van der Waals surface area contributed by atoms with Crippen molar-refractivity contribution < 1.29 is 17.9 Å². The Kier molecular flexibility index (Phi) is 5.24. The van der Waals surface area contributed by atoms with Crippen molar-refractivity contribution in [3.05, 3.63) is 29.3 Å². The second-order valence-electron chi connectivity index (χ2n) is 5.24. The summed E-state index contributed by atoms with van der Waals surface area (Å²) in [6, 6.07) is 4.32. The van der Waals surface area contributed by atoms with Crippen LogP contribution in [0, 0.1) is 5.92 Å². The Morgan fingerprint density at radius 1 is 1.38 bits per heavy atom. The fourth-order valence-corrected chi connectivity index (χ4v) is 3.05. The van der Waals surface area contributed by atoms with Gasteiger partial charge >= 0.3 is 0 Å². The van der Waals surface area contributed by atoms with Gasteiger partial charge in [-0.2, -0.15) is 0 Å². The molecule has 0 spiro atoms. The third-order valence-corrected chi connectivity index (χ3v) is 4.93. The van der Waals surface area contributed by atoms with Crippen molar-refractivity contribution in [2.45, 2.75) is 30.8 Å². The fourth-order valence-electron chi connectivity index (χ4n) is 2.22. The molecule has 1 aliphatic carbocycles. The molecule has 0 saturated heterocycles. The van der Waals surface area contributed by atoms with E-state index in [0.29, 0.717) is 18.0 Å². The zero-order valence-corrected chi connectivity index (χ0v) is 13.3. The van der Waals surface area contributed by atoms with E-state index in [2.05, 4.69) is 5.32 Å². The largest absolute Gasteiger partial charge is 0.380 e. The van der Waals surface area contributed by atoms with E-state index in [-0.39, 0.29) is 23.0 Å². The minimum Gasteiger partial charge on any atom is -0.380 e. The summed E-state index contributed by atoms with van der Waals surface area (Å²) in [5.41, 5.74) is 0.871. The zero-order chi connectivity index (χ0) is 15.5. The normalized spacial score (nSPS) is 15.5. The second-order valence-corrected chi connectivity index (χ2v) is 7.81. The number of ether oxygens (including phenoxy) is 1. The van der Waals surface area contributed by atoms with Gasteiger partial charge in [-0.05, 0) is 42.5 Å². The Bertz CT molecular complexity index is 626. The molecule has 0 aliphatic heterocycles. The maximum Gasteiger partial charge on any atom is 0.261 e. The van der Waals surface area contributed by atoms with Crippen LogP contribution < -0.4 is 5.32 Å². The first-order chi connectivity index (χ1) is 9.90. The van der Waals surface area contributed by atoms with E-state index >= 15 is 0 Å². The highest BCUT2D eigenvalue weighted by atomic mass is 35.7. The van der Waals surface area contributed by atoms with Gasteiger partial charge in [-0.3, -0.25) is 4.79 Å². The van der Waals surface area contributed by atoms with Crippen LogP contribution in [0.5, 0.6) is 0 Å². The molecule has 7 heteroatoms. The van der Waals surface area contributed by atoms with E-state index in [1.165, 1.54) is 25.7 Å². The third-order valence-electron chi connectivity index (χ3n) is 3.60. The molecule has 1 fully saturated rings. The van der Waals surface area contributed by atoms with Gasteiger partial charge in [0.25, 0.3) is 15.0 Å². The second kappa shape index (κ2) is 6.77. The van der Waals surface area contributed by atoms with E-state index < -0.39 is 9.05 Å². The van der Waals surface area contributed by atoms with Crippen molar-refractivity contribution in [2.75, 3.05) is 13.7 Å². The quantitative estimate of drug-likeness (QED) is 0.812. The van der Waals surface area contributed by atoms with Gasteiger partial charge in [0, 0.05) is 29.9 Å². The lowest BCUT2D eigenvalue weighted by molar-refractivity contribution is 0.0938. The van der Waals surface area contributed by atoms with E-state index in [1.54, 1.807) is 6.07 Å². The Morgan fingerprint density at radius 3 is 2.62 bits per heavy atom. The van der Waals surface area contributed by atoms with Crippen LogP contribution in [0.1, 0.15) is 35.2 Å². The summed E-state index contributed by atoms with van der Waals surface area (Å²) >= 11 is 0. The minimum atomic E-state index is -3.89. The maximum atomic E-state index is 12.1. The Morgan fingerprint density at radius 2 is 2.10 bits per heavy atom. The van der Waals surface area contributed by atoms with Gasteiger partial charge in [-0.25, -0.2) is 8.42 Å². The predicted molar refractivity (Wildman–Crippen MR) is 79.9 cm³/mol. The van der Waals surface area contributed by atoms with Crippen molar-refractivity contribution in [1.82, 2.24) is 5.32 Å². The highest BCUT2D eigenvalue weighted by Crippen LogP contribution is 2.25. The van der Waals surface area contributed by atoms with Gasteiger partial charge in [0.15, 0.2) is 0 Å². The lowest BCUT2D eigenvalue weighted by Crippen LogP contribution is -2.32. The molecule has 0 heterocycles. The fraction of sp³-hybridized carbons (Fsp3) is 0.500. The minimum absolute atomic E-state index is 0.0903. The molecule has 1 saturated carbocycles. The van der Waals surface area contributed by atoms with Crippen molar-refractivity contribution in [3.63, 3.8) is 0 Å². The molecule has 0 atom stereocenters. The van der Waals surface area contributed by atoms with Gasteiger partial charge in [0.1, 0.15) is 0 Å². The summed E-state index contributed by atoms with van der Waals surface area (Å²) in [6.07, 6.45) is 3.47. The molecule has 21 heavy (non-hydrogen) atoms. The average molecular weight is 332 g/mol. The summed E-state index contributed by atoms with van der Waals surface area (Å²) in [7, 11) is 2.98. The number of rotatable bonds is 6. The Hall–Kier alpha value is -1.11. The van der Waals surface area contributed by atoms with Gasteiger partial charge < -0.3 is 10.1 Å². The van der Waals surface area contributed by atoms with Crippen molar-refractivity contribution >= 4 is 25.6 Å². The van der Waals surface area contributed by atoms with E-state index in [0.717, 1.165) is 12.8 Å². The molecule has 1 N–H and O–H groups in total. The van der Waals surface area contributed by atoms with Crippen molar-refractivity contribution in [2.24, 2.45) is 5.92 Å². The first kappa shape index (κ1) is 16.3. The highest BCUT2D eigenvalue weighted by Gasteiger charge is 2.20. The van der Waals surface area contributed by atoms with Crippen LogP contribution in [0.15, 0.2) is 23.1 Å². The van der Waals surface area contributed by atoms with E-state index in [9.17, 15) is 13.2 Å². The molecule has 1 aromatic rings. The van der Waals surface area contributed by atoms with Crippen LogP contribution in [-0.4, -0.2) is 28.0 Å². The molecule has 1 aromatic carbocycles. The number of carbonyl (C=O) groups excluding carboxylic acids is 1. The first-order valence-corrected chi connectivity index (χ1v) is 9.07. The number of nitrogens with one attached hydrogen (secondary N) is 1. The average Bonchev–Trinajstić information content (AvgIpc) is 2.35. The SMILES string of the molecule is COCc1cc(C(=O)NCC2CCC2)cc(S(=O)(=O)Cl)c1. The summed E-state index contributed by atoms with van der Waals surface area (Å²) in [5, 5.41) is 2.83. The topological polar surface area (TPSA) is 72.5 Å². The van der Waals surface area contributed by atoms with E-state index in [4.69, 9.17) is 15.4 Å².